The summed E-state index contributed by atoms with van der Waals surface area (Å²) in [6.07, 6.45) is 4.72. The van der Waals surface area contributed by atoms with E-state index >= 15 is 0 Å². The Hall–Kier alpha value is -1.32. The summed E-state index contributed by atoms with van der Waals surface area (Å²) in [7, 11) is 1.92. The highest BCUT2D eigenvalue weighted by Crippen LogP contribution is 2.21. The molecular formula is C19H27ClIN5O. The van der Waals surface area contributed by atoms with Crippen LogP contribution in [0.4, 0.5) is 0 Å². The van der Waals surface area contributed by atoms with E-state index in [1.807, 2.05) is 37.6 Å². The molecule has 148 valence electrons. The molecule has 8 heteroatoms. The minimum atomic E-state index is 0. The lowest BCUT2D eigenvalue weighted by Crippen LogP contribution is -2.48. The highest BCUT2D eigenvalue weighted by Gasteiger charge is 2.25. The van der Waals surface area contributed by atoms with Crippen LogP contribution < -0.4 is 5.32 Å². The SMILES string of the molecule is CCNC(=NCCc1ccccc1Cl)N1CCOC(c2cnn(C)c2)C1.I. The molecule has 0 spiro atoms. The van der Waals surface area contributed by atoms with Crippen LogP contribution in [-0.2, 0) is 18.2 Å². The van der Waals surface area contributed by atoms with E-state index in [0.717, 1.165) is 48.2 Å². The number of hydrogen-bond donors (Lipinski definition) is 1. The summed E-state index contributed by atoms with van der Waals surface area (Å²) in [5.74, 6) is 0.928. The van der Waals surface area contributed by atoms with Gasteiger partial charge in [0.25, 0.3) is 0 Å². The Kier molecular flexibility index (Phi) is 8.85. The molecule has 1 atom stereocenters. The fourth-order valence-electron chi connectivity index (χ4n) is 3.06. The zero-order valence-corrected chi connectivity index (χ0v) is 18.9. The van der Waals surface area contributed by atoms with Gasteiger partial charge in [0.2, 0.25) is 0 Å². The smallest absolute Gasteiger partial charge is 0.194 e. The number of nitrogens with one attached hydrogen (secondary N) is 1. The van der Waals surface area contributed by atoms with Crippen LogP contribution in [0.25, 0.3) is 0 Å². The van der Waals surface area contributed by atoms with Crippen molar-refractivity contribution in [2.75, 3.05) is 32.8 Å². The van der Waals surface area contributed by atoms with Crippen LogP contribution in [0, 0.1) is 0 Å². The highest BCUT2D eigenvalue weighted by atomic mass is 127. The zero-order chi connectivity index (χ0) is 18.4. The van der Waals surface area contributed by atoms with Gasteiger partial charge in [-0.15, -0.1) is 24.0 Å². The Morgan fingerprint density at radius 3 is 2.93 bits per heavy atom. The number of ether oxygens (including phenoxy) is 1. The first kappa shape index (κ1) is 22.0. The molecule has 1 aromatic heterocycles. The van der Waals surface area contributed by atoms with Crippen molar-refractivity contribution < 1.29 is 4.74 Å². The van der Waals surface area contributed by atoms with Gasteiger partial charge in [0.05, 0.1) is 19.3 Å². The highest BCUT2D eigenvalue weighted by molar-refractivity contribution is 14.0. The van der Waals surface area contributed by atoms with Gasteiger partial charge in [-0.1, -0.05) is 29.8 Å². The Labute approximate surface area is 183 Å². The van der Waals surface area contributed by atoms with E-state index in [1.54, 1.807) is 4.68 Å². The van der Waals surface area contributed by atoms with Gasteiger partial charge in [-0.05, 0) is 25.0 Å². The Balaban J connectivity index is 0.00000261. The summed E-state index contributed by atoms with van der Waals surface area (Å²) >= 11 is 6.24. The number of aliphatic imine (C=N–C) groups is 1. The van der Waals surface area contributed by atoms with Gasteiger partial charge in [0.1, 0.15) is 6.10 Å². The fourth-order valence-corrected chi connectivity index (χ4v) is 3.29. The summed E-state index contributed by atoms with van der Waals surface area (Å²) in [4.78, 5) is 7.06. The van der Waals surface area contributed by atoms with Gasteiger partial charge in [0.15, 0.2) is 5.96 Å². The van der Waals surface area contributed by atoms with Crippen molar-refractivity contribution in [3.8, 4) is 0 Å². The number of morpholine rings is 1. The molecule has 3 rings (SSSR count). The zero-order valence-electron chi connectivity index (χ0n) is 15.8. The maximum absolute atomic E-state index is 6.24. The van der Waals surface area contributed by atoms with Gasteiger partial charge >= 0.3 is 0 Å². The van der Waals surface area contributed by atoms with Crippen molar-refractivity contribution in [2.45, 2.75) is 19.4 Å². The first-order valence-electron chi connectivity index (χ1n) is 9.04. The van der Waals surface area contributed by atoms with Crippen molar-refractivity contribution in [3.63, 3.8) is 0 Å². The van der Waals surface area contributed by atoms with Crippen LogP contribution in [0.2, 0.25) is 5.02 Å². The Bertz CT molecular complexity index is 751. The first-order valence-corrected chi connectivity index (χ1v) is 9.42. The number of rotatable bonds is 5. The number of benzene rings is 1. The van der Waals surface area contributed by atoms with Crippen LogP contribution in [0.1, 0.15) is 24.2 Å². The molecule has 1 fully saturated rings. The maximum atomic E-state index is 6.24. The Morgan fingerprint density at radius 2 is 2.22 bits per heavy atom. The van der Waals surface area contributed by atoms with E-state index in [4.69, 9.17) is 21.3 Å². The topological polar surface area (TPSA) is 54.7 Å². The van der Waals surface area contributed by atoms with Crippen molar-refractivity contribution in [1.29, 1.82) is 0 Å². The maximum Gasteiger partial charge on any atom is 0.194 e. The van der Waals surface area contributed by atoms with Gasteiger partial charge < -0.3 is 15.0 Å². The lowest BCUT2D eigenvalue weighted by molar-refractivity contribution is -0.00803. The molecule has 1 aliphatic rings. The van der Waals surface area contributed by atoms with E-state index < -0.39 is 0 Å². The van der Waals surface area contributed by atoms with Crippen LogP contribution >= 0.6 is 35.6 Å². The number of guanidine groups is 1. The second-order valence-electron chi connectivity index (χ2n) is 6.33. The van der Waals surface area contributed by atoms with Crippen LogP contribution in [0.3, 0.4) is 0 Å². The van der Waals surface area contributed by atoms with E-state index in [-0.39, 0.29) is 30.1 Å². The van der Waals surface area contributed by atoms with Crippen molar-refractivity contribution in [1.82, 2.24) is 20.0 Å². The van der Waals surface area contributed by atoms with Crippen molar-refractivity contribution >= 4 is 41.5 Å². The minimum absolute atomic E-state index is 0. The average molecular weight is 504 g/mol. The van der Waals surface area contributed by atoms with Gasteiger partial charge in [0, 0.05) is 43.5 Å². The van der Waals surface area contributed by atoms with E-state index in [0.29, 0.717) is 13.2 Å². The molecule has 1 N–H and O–H groups in total. The summed E-state index contributed by atoms with van der Waals surface area (Å²) in [6.45, 7) is 5.89. The van der Waals surface area contributed by atoms with Gasteiger partial charge in [-0.3, -0.25) is 9.67 Å². The molecule has 0 saturated carbocycles. The van der Waals surface area contributed by atoms with Gasteiger partial charge in [-0.25, -0.2) is 0 Å². The minimum Gasteiger partial charge on any atom is -0.370 e. The average Bonchev–Trinajstić information content (AvgIpc) is 3.09. The van der Waals surface area contributed by atoms with Crippen LogP contribution in [0.5, 0.6) is 0 Å². The summed E-state index contributed by atoms with van der Waals surface area (Å²) < 4.78 is 7.74. The molecule has 0 radical (unpaired) electrons. The molecule has 2 aromatic rings. The van der Waals surface area contributed by atoms with Crippen molar-refractivity contribution in [2.24, 2.45) is 12.0 Å². The Morgan fingerprint density at radius 1 is 1.41 bits per heavy atom. The van der Waals surface area contributed by atoms with E-state index in [2.05, 4.69) is 28.3 Å². The van der Waals surface area contributed by atoms with E-state index in [9.17, 15) is 0 Å². The predicted octanol–water partition coefficient (Wildman–Crippen LogP) is 3.27. The number of aryl methyl sites for hydroxylation is 1. The number of hydrogen-bond acceptors (Lipinski definition) is 3. The molecule has 0 bridgehead atoms. The number of nitrogens with zero attached hydrogens (tertiary/aromatic N) is 4. The third kappa shape index (κ3) is 6.08. The monoisotopic (exact) mass is 503 g/mol. The van der Waals surface area contributed by atoms with Crippen LogP contribution in [0.15, 0.2) is 41.7 Å². The largest absolute Gasteiger partial charge is 0.370 e. The summed E-state index contributed by atoms with van der Waals surface area (Å²) in [6, 6.07) is 7.94. The quantitative estimate of drug-likeness (QED) is 0.387. The molecule has 1 unspecified atom stereocenters. The molecule has 1 saturated heterocycles. The molecule has 6 nitrogen and oxygen atoms in total. The molecule has 1 aromatic carbocycles. The normalized spacial score (nSPS) is 17.5. The summed E-state index contributed by atoms with van der Waals surface area (Å²) in [5.41, 5.74) is 2.23. The lowest BCUT2D eigenvalue weighted by Gasteiger charge is -2.34. The third-order valence-electron chi connectivity index (χ3n) is 4.40. The summed E-state index contributed by atoms with van der Waals surface area (Å²) in [5, 5.41) is 8.45. The standard InChI is InChI=1S/C19H26ClN5O.HI/c1-3-21-19(22-9-8-15-6-4-5-7-17(15)20)25-10-11-26-18(14-25)16-12-23-24(2)13-16;/h4-7,12-13,18H,3,8-11,14H2,1-2H3,(H,21,22);1H. The number of halogens is 2. The van der Waals surface area contributed by atoms with E-state index in [1.165, 1.54) is 0 Å². The predicted molar refractivity (Wildman–Crippen MR) is 120 cm³/mol. The molecule has 27 heavy (non-hydrogen) atoms. The van der Waals surface area contributed by atoms with Crippen molar-refractivity contribution in [3.05, 3.63) is 52.8 Å². The molecule has 1 aliphatic heterocycles. The lowest BCUT2D eigenvalue weighted by atomic mass is 10.1. The second-order valence-corrected chi connectivity index (χ2v) is 6.74. The molecule has 2 heterocycles. The molecule has 0 amide bonds. The first-order chi connectivity index (χ1) is 12.7. The van der Waals surface area contributed by atoms with Crippen LogP contribution in [-0.4, -0.2) is 53.4 Å². The molecular weight excluding hydrogens is 477 g/mol. The molecule has 0 aliphatic carbocycles. The number of aromatic nitrogens is 2. The van der Waals surface area contributed by atoms with Gasteiger partial charge in [-0.2, -0.15) is 5.10 Å². The third-order valence-corrected chi connectivity index (χ3v) is 4.77. The fraction of sp³-hybridized carbons (Fsp3) is 0.474. The second kappa shape index (κ2) is 10.9.